The highest BCUT2D eigenvalue weighted by atomic mass is 32.1. The van der Waals surface area contributed by atoms with Crippen molar-refractivity contribution >= 4 is 32.3 Å². The second-order valence-corrected chi connectivity index (χ2v) is 25.1. The summed E-state index contributed by atoms with van der Waals surface area (Å²) < 4.78 is 71.7. The molecule has 7 unspecified atom stereocenters. The van der Waals surface area contributed by atoms with Crippen molar-refractivity contribution in [2.45, 2.75) is 133 Å². The van der Waals surface area contributed by atoms with Gasteiger partial charge < -0.3 is 38.3 Å². The first kappa shape index (κ1) is 47.3. The zero-order valence-corrected chi connectivity index (χ0v) is 40.3. The van der Waals surface area contributed by atoms with Gasteiger partial charge in [0.15, 0.2) is 0 Å². The largest absolute Gasteiger partial charge is 0.770 e. The van der Waals surface area contributed by atoms with E-state index in [1.165, 1.54) is 39.0 Å². The van der Waals surface area contributed by atoms with E-state index < -0.39 is 67.8 Å². The molecule has 3 amide bonds. The van der Waals surface area contributed by atoms with Crippen molar-refractivity contribution in [2.75, 3.05) is 19.6 Å². The highest BCUT2D eigenvalue weighted by molar-refractivity contribution is 8.26. The van der Waals surface area contributed by atoms with Crippen LogP contribution in [0.2, 0.25) is 0 Å². The van der Waals surface area contributed by atoms with Gasteiger partial charge in [0.1, 0.15) is 52.4 Å². The Labute approximate surface area is 394 Å². The average Bonchev–Trinajstić information content (AvgIpc) is 4.04. The monoisotopic (exact) mass is 965 g/mol. The molecule has 18 nitrogen and oxygen atoms in total. The number of nitriles is 3. The van der Waals surface area contributed by atoms with E-state index in [4.69, 9.17) is 27.8 Å². The van der Waals surface area contributed by atoms with E-state index >= 15 is 14.0 Å². The van der Waals surface area contributed by atoms with Crippen molar-refractivity contribution < 1.29 is 56.2 Å². The molecule has 3 saturated heterocycles. The third-order valence-corrected chi connectivity index (χ3v) is 18.5. The fraction of sp³-hybridized carbons (Fsp3) is 0.500. The Morgan fingerprint density at radius 2 is 0.838 bits per heavy atom. The molecule has 3 aromatic carbocycles. The molecule has 7 atom stereocenters. The van der Waals surface area contributed by atoms with Crippen LogP contribution in [0, 0.1) is 34.0 Å². The van der Waals surface area contributed by atoms with E-state index in [9.17, 15) is 30.2 Å². The van der Waals surface area contributed by atoms with Crippen molar-refractivity contribution in [1.29, 1.82) is 15.8 Å². The minimum absolute atomic E-state index is 0.153. The molecule has 3 fully saturated rings. The first-order valence-electron chi connectivity index (χ1n) is 22.7. The van der Waals surface area contributed by atoms with Gasteiger partial charge in [-0.25, -0.2) is 0 Å². The van der Waals surface area contributed by atoms with Crippen LogP contribution in [0.25, 0.3) is 0 Å². The van der Waals surface area contributed by atoms with Crippen molar-refractivity contribution in [2.24, 2.45) is 0 Å². The first-order valence-corrected chi connectivity index (χ1v) is 26.5. The lowest BCUT2D eigenvalue weighted by Crippen LogP contribution is -2.57. The lowest BCUT2D eigenvalue weighted by atomic mass is 9.85. The summed E-state index contributed by atoms with van der Waals surface area (Å²) in [7, 11) is -12.2. The molecule has 20 heteroatoms. The number of hydrogen-bond acceptors (Lipinski definition) is 15. The third kappa shape index (κ3) is 8.03. The molecule has 3 aromatic rings. The smallest absolute Gasteiger partial charge is 0.399 e. The van der Waals surface area contributed by atoms with Gasteiger partial charge in [-0.15, -0.1) is 0 Å². The Morgan fingerprint density at radius 3 is 1.10 bits per heavy atom. The first-order chi connectivity index (χ1) is 32.1. The molecule has 0 radical (unpaired) electrons. The summed E-state index contributed by atoms with van der Waals surface area (Å²) in [5.74, 6) is -0.0779. The molecule has 0 N–H and O–H groups in total. The van der Waals surface area contributed by atoms with Crippen molar-refractivity contribution in [1.82, 2.24) is 14.7 Å². The molecule has 0 bridgehead atoms. The molecule has 6 aliphatic heterocycles. The van der Waals surface area contributed by atoms with Crippen LogP contribution in [0.4, 0.5) is 0 Å². The van der Waals surface area contributed by atoms with Gasteiger partial charge in [0, 0.05) is 55.6 Å². The molecule has 9 rings (SSSR count). The number of carbonyl (C=O) groups excluding carboxylic acids is 3. The summed E-state index contributed by atoms with van der Waals surface area (Å²) in [6, 6.07) is 16.6. The number of nitrogens with zero attached hydrogens (tertiary/aromatic N) is 6. The minimum atomic E-state index is -6.23. The van der Waals surface area contributed by atoms with E-state index in [2.05, 4.69) is 18.2 Å². The number of rotatable bonds is 10. The SMILES string of the molecule is CC1(C)Oc2ccc(C#N)cc2C(N2CCCC2=O)C1OP(=O)([O-])P(=O)(OC1C(N2CCCC2=O)c2cc(C#N)ccc2OC1(C)C)OC1C(N2CCCC2=O)c2cc(C#N)ccc2OC1(C)C. The Balaban J connectivity index is 1.24. The van der Waals surface area contributed by atoms with Gasteiger partial charge >= 0.3 is 7.28 Å². The van der Waals surface area contributed by atoms with E-state index in [0.717, 1.165) is 0 Å². The van der Waals surface area contributed by atoms with Gasteiger partial charge in [0.05, 0.1) is 53.0 Å². The van der Waals surface area contributed by atoms with Gasteiger partial charge in [-0.1, -0.05) is 0 Å². The zero-order valence-electron chi connectivity index (χ0n) is 38.5. The van der Waals surface area contributed by atoms with Gasteiger partial charge in [0.25, 0.3) is 0 Å². The normalized spacial score (nSPS) is 28.3. The minimum Gasteiger partial charge on any atom is -0.770 e. The lowest BCUT2D eigenvalue weighted by molar-refractivity contribution is -0.210. The maximum Gasteiger partial charge on any atom is 0.399 e. The molecule has 0 saturated carbocycles. The third-order valence-electron chi connectivity index (χ3n) is 13.8. The second-order valence-electron chi connectivity index (χ2n) is 19.6. The van der Waals surface area contributed by atoms with Crippen LogP contribution in [-0.2, 0) is 37.1 Å². The highest BCUT2D eigenvalue weighted by Crippen LogP contribution is 2.82. The summed E-state index contributed by atoms with van der Waals surface area (Å²) >= 11 is 0. The van der Waals surface area contributed by atoms with Gasteiger partial charge in [-0.3, -0.25) is 32.6 Å². The standard InChI is InChI=1S/C48H52N6O12P2/c1-46(2)43(40(52-19-7-10-37(52)55)31-22-28(25-49)13-16-34(31)61-46)64-67(58,59)68(60,65-44-41(53-20-8-11-38(53)56)32-23-29(26-50)14-17-35(32)62-47(44,3)4)66-45-42(54-21-9-12-39(54)57)33-24-30(27-51)15-18-36(33)63-48(45,5)6/h13-18,22-24,40-45H,7-12,19-21H2,1-6H3,(H,58,59)/p-1. The number of fused-ring (bicyclic) bond motifs is 3. The maximum absolute atomic E-state index is 16.7. The Hall–Kier alpha value is -5.76. The van der Waals surface area contributed by atoms with Crippen molar-refractivity contribution in [3.8, 4) is 35.5 Å². The summed E-state index contributed by atoms with van der Waals surface area (Å²) in [6.07, 6.45) is -3.05. The number of ether oxygens (including phenoxy) is 3. The number of carbonyl (C=O) groups is 3. The summed E-state index contributed by atoms with van der Waals surface area (Å²) in [5, 5.41) is 30.0. The van der Waals surface area contributed by atoms with E-state index in [0.29, 0.717) is 36.0 Å². The molecule has 68 heavy (non-hydrogen) atoms. The van der Waals surface area contributed by atoms with Crippen molar-refractivity contribution in [3.05, 3.63) is 88.0 Å². The molecule has 6 heterocycles. The Kier molecular flexibility index (Phi) is 11.8. The van der Waals surface area contributed by atoms with Crippen LogP contribution < -0.4 is 19.1 Å². The summed E-state index contributed by atoms with van der Waals surface area (Å²) in [6.45, 7) is 10.1. The maximum atomic E-state index is 16.7. The van der Waals surface area contributed by atoms with Crippen molar-refractivity contribution in [3.63, 3.8) is 0 Å². The van der Waals surface area contributed by atoms with E-state index in [1.807, 2.05) is 0 Å². The number of benzene rings is 3. The van der Waals surface area contributed by atoms with Gasteiger partial charge in [0.2, 0.25) is 25.0 Å². The topological polar surface area (TPSA) is 245 Å². The van der Waals surface area contributed by atoms with E-state index in [1.54, 1.807) is 71.9 Å². The Morgan fingerprint density at radius 1 is 0.544 bits per heavy atom. The summed E-state index contributed by atoms with van der Waals surface area (Å²) in [5.41, 5.74) is -3.22. The van der Waals surface area contributed by atoms with Crippen LogP contribution in [0.5, 0.6) is 17.2 Å². The molecule has 0 spiro atoms. The zero-order chi connectivity index (χ0) is 48.7. The molecular formula is C48H51N6O12P2-. The molecule has 0 aromatic heterocycles. The molecule has 0 aliphatic carbocycles. The van der Waals surface area contributed by atoms with Crippen LogP contribution in [-0.4, -0.2) is 87.2 Å². The van der Waals surface area contributed by atoms with Crippen LogP contribution in [0.1, 0.15) is 132 Å². The van der Waals surface area contributed by atoms with Crippen LogP contribution in [0.3, 0.4) is 0 Å². The average molecular weight is 966 g/mol. The van der Waals surface area contributed by atoms with Crippen LogP contribution in [0.15, 0.2) is 54.6 Å². The number of hydrogen-bond donors (Lipinski definition) is 0. The molecule has 6 aliphatic rings. The van der Waals surface area contributed by atoms with E-state index in [-0.39, 0.29) is 90.6 Å². The molecule has 356 valence electrons. The molecular weight excluding hydrogens is 915 g/mol. The predicted molar refractivity (Wildman–Crippen MR) is 238 cm³/mol. The van der Waals surface area contributed by atoms with Crippen LogP contribution >= 0.6 is 14.6 Å². The van der Waals surface area contributed by atoms with Gasteiger partial charge in [-0.2, -0.15) is 15.8 Å². The highest BCUT2D eigenvalue weighted by Gasteiger charge is 2.61. The quantitative estimate of drug-likeness (QED) is 0.185. The fourth-order valence-corrected chi connectivity index (χ4v) is 14.9. The predicted octanol–water partition coefficient (Wildman–Crippen LogP) is 7.02. The number of likely N-dealkylation sites (tertiary alicyclic amines) is 3. The van der Waals surface area contributed by atoms with Gasteiger partial charge in [-0.05, 0) is 115 Å². The second kappa shape index (κ2) is 17.0. The Bertz CT molecular complexity index is 2730. The summed E-state index contributed by atoms with van der Waals surface area (Å²) in [4.78, 5) is 61.6. The fourth-order valence-electron chi connectivity index (χ4n) is 10.5. The lowest BCUT2D eigenvalue weighted by Gasteiger charge is -2.52. The number of amides is 3.